The van der Waals surface area contributed by atoms with Crippen LogP contribution in [0, 0.1) is 11.8 Å². The summed E-state index contributed by atoms with van der Waals surface area (Å²) in [7, 11) is 0. The summed E-state index contributed by atoms with van der Waals surface area (Å²) in [5.41, 5.74) is 0. The number of nitrogens with zero attached hydrogens (tertiary/aromatic N) is 1. The Balaban J connectivity index is 0.00000162. The highest BCUT2D eigenvalue weighted by Crippen LogP contribution is 2.19. The fourth-order valence-electron chi connectivity index (χ4n) is 2.37. The lowest BCUT2D eigenvalue weighted by Crippen LogP contribution is -2.53. The zero-order valence-corrected chi connectivity index (χ0v) is 11.6. The van der Waals surface area contributed by atoms with Crippen molar-refractivity contribution in [3.8, 4) is 0 Å². The molecule has 0 aromatic carbocycles. The second-order valence-electron chi connectivity index (χ2n) is 5.06. The van der Waals surface area contributed by atoms with Crippen molar-refractivity contribution in [1.82, 2.24) is 15.5 Å². The van der Waals surface area contributed by atoms with Gasteiger partial charge in [-0.15, -0.1) is 12.4 Å². The summed E-state index contributed by atoms with van der Waals surface area (Å²) < 4.78 is 0. The average molecular weight is 276 g/mol. The first-order valence-electron chi connectivity index (χ1n) is 6.40. The summed E-state index contributed by atoms with van der Waals surface area (Å²) in [6.45, 7) is 5.67. The van der Waals surface area contributed by atoms with Gasteiger partial charge in [0.25, 0.3) is 0 Å². The first kappa shape index (κ1) is 15.2. The molecule has 0 aliphatic carbocycles. The van der Waals surface area contributed by atoms with E-state index in [9.17, 15) is 9.59 Å². The van der Waals surface area contributed by atoms with Gasteiger partial charge in [0.1, 0.15) is 0 Å². The van der Waals surface area contributed by atoms with Gasteiger partial charge in [0.2, 0.25) is 11.8 Å². The van der Waals surface area contributed by atoms with E-state index >= 15 is 0 Å². The molecular weight excluding hydrogens is 254 g/mol. The minimum absolute atomic E-state index is 0. The maximum absolute atomic E-state index is 12.0. The number of hydrogen-bond acceptors (Lipinski definition) is 3. The Labute approximate surface area is 114 Å². The van der Waals surface area contributed by atoms with Crippen LogP contribution >= 0.6 is 12.4 Å². The number of nitrogens with one attached hydrogen (secondary N) is 2. The number of rotatable bonds is 3. The van der Waals surface area contributed by atoms with Gasteiger partial charge in [0, 0.05) is 39.6 Å². The van der Waals surface area contributed by atoms with Crippen molar-refractivity contribution < 1.29 is 9.59 Å². The van der Waals surface area contributed by atoms with Crippen molar-refractivity contribution in [3.05, 3.63) is 0 Å². The van der Waals surface area contributed by atoms with Crippen LogP contribution in [0.2, 0.25) is 0 Å². The molecule has 0 bridgehead atoms. The van der Waals surface area contributed by atoms with Gasteiger partial charge in [-0.1, -0.05) is 0 Å². The van der Waals surface area contributed by atoms with Crippen molar-refractivity contribution in [2.24, 2.45) is 11.8 Å². The molecule has 0 aromatic rings. The SMILES string of the molecule is CC(=O)NCC1CCN(C(=O)C2CNC2)CC1.Cl. The largest absolute Gasteiger partial charge is 0.356 e. The number of likely N-dealkylation sites (tertiary alicyclic amines) is 1. The zero-order valence-electron chi connectivity index (χ0n) is 10.8. The maximum atomic E-state index is 12.0. The molecule has 2 N–H and O–H groups in total. The number of hydrogen-bond donors (Lipinski definition) is 2. The molecule has 0 saturated carbocycles. The minimum Gasteiger partial charge on any atom is -0.356 e. The Morgan fingerprint density at radius 3 is 2.33 bits per heavy atom. The first-order chi connectivity index (χ1) is 8.16. The molecular formula is C12H22ClN3O2. The molecule has 2 saturated heterocycles. The van der Waals surface area contributed by atoms with Crippen LogP contribution in [0.15, 0.2) is 0 Å². The van der Waals surface area contributed by atoms with Gasteiger partial charge in [-0.2, -0.15) is 0 Å². The standard InChI is InChI=1S/C12H21N3O2.ClH/c1-9(16)14-6-10-2-4-15(5-3-10)12(17)11-7-13-8-11;/h10-11,13H,2-8H2,1H3,(H,14,16);1H. The smallest absolute Gasteiger partial charge is 0.228 e. The van der Waals surface area contributed by atoms with Crippen LogP contribution in [-0.4, -0.2) is 49.4 Å². The lowest BCUT2D eigenvalue weighted by atomic mass is 9.94. The molecule has 18 heavy (non-hydrogen) atoms. The Kier molecular flexibility index (Phi) is 5.88. The molecule has 2 rings (SSSR count). The third kappa shape index (κ3) is 3.85. The van der Waals surface area contributed by atoms with E-state index in [1.807, 2.05) is 4.90 Å². The summed E-state index contributed by atoms with van der Waals surface area (Å²) in [6, 6.07) is 0. The maximum Gasteiger partial charge on any atom is 0.228 e. The van der Waals surface area contributed by atoms with Crippen LogP contribution in [0.3, 0.4) is 0 Å². The molecule has 2 amide bonds. The van der Waals surface area contributed by atoms with E-state index in [0.29, 0.717) is 11.8 Å². The summed E-state index contributed by atoms with van der Waals surface area (Å²) in [5.74, 6) is 1.08. The monoisotopic (exact) mass is 275 g/mol. The molecule has 2 aliphatic heterocycles. The van der Waals surface area contributed by atoms with Crippen molar-refractivity contribution in [3.63, 3.8) is 0 Å². The van der Waals surface area contributed by atoms with Crippen molar-refractivity contribution >= 4 is 24.2 Å². The number of piperidine rings is 1. The molecule has 2 aliphatic rings. The molecule has 2 fully saturated rings. The van der Waals surface area contributed by atoms with Crippen LogP contribution in [0.1, 0.15) is 19.8 Å². The molecule has 0 aromatic heterocycles. The van der Waals surface area contributed by atoms with Crippen LogP contribution < -0.4 is 10.6 Å². The van der Waals surface area contributed by atoms with Gasteiger partial charge in [0.15, 0.2) is 0 Å². The Hall–Kier alpha value is -0.810. The molecule has 0 unspecified atom stereocenters. The summed E-state index contributed by atoms with van der Waals surface area (Å²) in [4.78, 5) is 24.8. The predicted molar refractivity (Wildman–Crippen MR) is 71.6 cm³/mol. The second kappa shape index (κ2) is 6.95. The number of amides is 2. The van der Waals surface area contributed by atoms with Gasteiger partial charge in [-0.3, -0.25) is 9.59 Å². The molecule has 104 valence electrons. The third-order valence-electron chi connectivity index (χ3n) is 3.70. The lowest BCUT2D eigenvalue weighted by molar-refractivity contribution is -0.138. The highest BCUT2D eigenvalue weighted by molar-refractivity contribution is 5.85. The summed E-state index contributed by atoms with van der Waals surface area (Å²) in [6.07, 6.45) is 2.01. The Bertz CT molecular complexity index is 300. The quantitative estimate of drug-likeness (QED) is 0.762. The summed E-state index contributed by atoms with van der Waals surface area (Å²) >= 11 is 0. The lowest BCUT2D eigenvalue weighted by Gasteiger charge is -2.37. The van der Waals surface area contributed by atoms with E-state index in [2.05, 4.69) is 10.6 Å². The van der Waals surface area contributed by atoms with Crippen molar-refractivity contribution in [1.29, 1.82) is 0 Å². The average Bonchev–Trinajstić information content (AvgIpc) is 2.24. The third-order valence-corrected chi connectivity index (χ3v) is 3.70. The topological polar surface area (TPSA) is 61.4 Å². The van der Waals surface area contributed by atoms with Crippen LogP contribution in [0.4, 0.5) is 0 Å². The van der Waals surface area contributed by atoms with Crippen LogP contribution in [0.25, 0.3) is 0 Å². The normalized spacial score (nSPS) is 20.8. The second-order valence-corrected chi connectivity index (χ2v) is 5.06. The van der Waals surface area contributed by atoms with E-state index in [1.165, 1.54) is 0 Å². The fraction of sp³-hybridized carbons (Fsp3) is 0.833. The van der Waals surface area contributed by atoms with Gasteiger partial charge in [-0.25, -0.2) is 0 Å². The highest BCUT2D eigenvalue weighted by Gasteiger charge is 2.31. The van der Waals surface area contributed by atoms with Gasteiger partial charge in [0.05, 0.1) is 5.92 Å². The van der Waals surface area contributed by atoms with E-state index in [0.717, 1.165) is 45.6 Å². The zero-order chi connectivity index (χ0) is 12.3. The molecule has 0 radical (unpaired) electrons. The van der Waals surface area contributed by atoms with Gasteiger partial charge in [-0.05, 0) is 18.8 Å². The Morgan fingerprint density at radius 2 is 1.89 bits per heavy atom. The van der Waals surface area contributed by atoms with E-state index in [-0.39, 0.29) is 24.2 Å². The Morgan fingerprint density at radius 1 is 1.28 bits per heavy atom. The van der Waals surface area contributed by atoms with Crippen molar-refractivity contribution in [2.45, 2.75) is 19.8 Å². The predicted octanol–water partition coefficient (Wildman–Crippen LogP) is 0.00230. The van der Waals surface area contributed by atoms with Gasteiger partial charge >= 0.3 is 0 Å². The number of carbonyl (C=O) groups is 2. The minimum atomic E-state index is 0. The molecule has 0 atom stereocenters. The van der Waals surface area contributed by atoms with Crippen molar-refractivity contribution in [2.75, 3.05) is 32.7 Å². The van der Waals surface area contributed by atoms with Crippen LogP contribution in [-0.2, 0) is 9.59 Å². The van der Waals surface area contributed by atoms with E-state index < -0.39 is 0 Å². The number of halogens is 1. The number of carbonyl (C=O) groups excluding carboxylic acids is 2. The van der Waals surface area contributed by atoms with E-state index in [4.69, 9.17) is 0 Å². The fourth-order valence-corrected chi connectivity index (χ4v) is 2.37. The first-order valence-corrected chi connectivity index (χ1v) is 6.40. The van der Waals surface area contributed by atoms with E-state index in [1.54, 1.807) is 6.92 Å². The molecule has 5 nitrogen and oxygen atoms in total. The summed E-state index contributed by atoms with van der Waals surface area (Å²) in [5, 5.41) is 5.98. The van der Waals surface area contributed by atoms with Gasteiger partial charge < -0.3 is 15.5 Å². The highest BCUT2D eigenvalue weighted by atomic mass is 35.5. The van der Waals surface area contributed by atoms with Crippen LogP contribution in [0.5, 0.6) is 0 Å². The molecule has 6 heteroatoms. The molecule has 2 heterocycles. The molecule has 0 spiro atoms.